The average Bonchev–Trinajstić information content (AvgIpc) is 2.91. The average molecular weight is 332 g/mol. The van der Waals surface area contributed by atoms with Gasteiger partial charge in [-0.2, -0.15) is 0 Å². The number of para-hydroxylation sites is 2. The summed E-state index contributed by atoms with van der Waals surface area (Å²) in [6, 6.07) is 17.4. The van der Waals surface area contributed by atoms with Crippen molar-refractivity contribution in [3.8, 4) is 0 Å². The van der Waals surface area contributed by atoms with Gasteiger partial charge < -0.3 is 15.0 Å². The van der Waals surface area contributed by atoms with Gasteiger partial charge in [0, 0.05) is 0 Å². The Morgan fingerprint density at radius 2 is 1.68 bits per heavy atom. The molecule has 0 aliphatic carbocycles. The van der Waals surface area contributed by atoms with E-state index >= 15 is 0 Å². The number of carbonyl (C=O) groups is 1. The molecule has 4 aromatic rings. The smallest absolute Gasteiger partial charge is 0.343 e. The summed E-state index contributed by atoms with van der Waals surface area (Å²) in [5, 5.41) is 0. The van der Waals surface area contributed by atoms with Crippen molar-refractivity contribution in [2.75, 3.05) is 12.8 Å². The van der Waals surface area contributed by atoms with Crippen LogP contribution in [0.1, 0.15) is 15.9 Å². The van der Waals surface area contributed by atoms with E-state index in [2.05, 4.69) is 9.97 Å². The number of carbonyl (C=O) groups excluding carboxylic acids is 1. The van der Waals surface area contributed by atoms with Gasteiger partial charge in [0.15, 0.2) is 5.65 Å². The van der Waals surface area contributed by atoms with Crippen molar-refractivity contribution in [1.29, 1.82) is 0 Å². The first kappa shape index (κ1) is 15.1. The second-order valence-electron chi connectivity index (χ2n) is 5.71. The summed E-state index contributed by atoms with van der Waals surface area (Å²) in [6.07, 6.45) is 0. The van der Waals surface area contributed by atoms with Crippen LogP contribution < -0.4 is 5.73 Å². The highest BCUT2D eigenvalue weighted by molar-refractivity contribution is 6.08. The maximum atomic E-state index is 12.3. The Kier molecular flexibility index (Phi) is 3.57. The van der Waals surface area contributed by atoms with Gasteiger partial charge in [-0.25, -0.2) is 14.8 Å². The molecule has 0 amide bonds. The largest absolute Gasteiger partial charge is 0.465 e. The Morgan fingerprint density at radius 3 is 2.36 bits per heavy atom. The van der Waals surface area contributed by atoms with Gasteiger partial charge in [0.1, 0.15) is 16.9 Å². The first-order valence-corrected chi connectivity index (χ1v) is 7.85. The number of nitrogens with two attached hydrogens (primary N) is 1. The van der Waals surface area contributed by atoms with Gasteiger partial charge in [-0.15, -0.1) is 0 Å². The highest BCUT2D eigenvalue weighted by Crippen LogP contribution is 2.29. The number of fused-ring (bicyclic) bond motifs is 2. The Labute approximate surface area is 143 Å². The summed E-state index contributed by atoms with van der Waals surface area (Å²) in [4.78, 5) is 21.6. The summed E-state index contributed by atoms with van der Waals surface area (Å²) in [5.41, 5.74) is 10.1. The van der Waals surface area contributed by atoms with E-state index in [1.165, 1.54) is 7.11 Å². The molecule has 2 heterocycles. The number of anilines is 1. The monoisotopic (exact) mass is 332 g/mol. The van der Waals surface area contributed by atoms with Crippen LogP contribution in [-0.2, 0) is 11.3 Å². The summed E-state index contributed by atoms with van der Waals surface area (Å²) in [5.74, 6) is -0.208. The minimum absolute atomic E-state index is 0.256. The molecule has 0 bridgehead atoms. The topological polar surface area (TPSA) is 83.0 Å². The standard InChI is InChI=1S/C19H16N4O2/c1-25-19(24)15-16-18(22-14-10-6-5-9-13(14)21-16)23(17(15)20)11-12-7-3-2-4-8-12/h2-10H,11,20H2,1H3. The summed E-state index contributed by atoms with van der Waals surface area (Å²) < 4.78 is 6.70. The van der Waals surface area contributed by atoms with Gasteiger partial charge in [0.2, 0.25) is 0 Å². The predicted molar refractivity (Wildman–Crippen MR) is 96.3 cm³/mol. The first-order valence-electron chi connectivity index (χ1n) is 7.85. The summed E-state index contributed by atoms with van der Waals surface area (Å²) in [7, 11) is 1.33. The Morgan fingerprint density at radius 1 is 1.04 bits per heavy atom. The lowest BCUT2D eigenvalue weighted by Crippen LogP contribution is -2.09. The maximum Gasteiger partial charge on any atom is 0.343 e. The molecule has 0 radical (unpaired) electrons. The quantitative estimate of drug-likeness (QED) is 0.583. The molecule has 2 aromatic carbocycles. The van der Waals surface area contributed by atoms with Crippen molar-refractivity contribution in [3.63, 3.8) is 0 Å². The van der Waals surface area contributed by atoms with E-state index in [4.69, 9.17) is 10.5 Å². The summed E-state index contributed by atoms with van der Waals surface area (Å²) >= 11 is 0. The fourth-order valence-electron chi connectivity index (χ4n) is 2.95. The molecule has 0 spiro atoms. The van der Waals surface area contributed by atoms with Gasteiger partial charge in [-0.1, -0.05) is 42.5 Å². The minimum Gasteiger partial charge on any atom is -0.465 e. The van der Waals surface area contributed by atoms with Gasteiger partial charge in [-0.05, 0) is 17.7 Å². The SMILES string of the molecule is COC(=O)c1c(N)n(Cc2ccccc2)c2nc3ccccc3nc12. The Balaban J connectivity index is 2.01. The van der Waals surface area contributed by atoms with Crippen LogP contribution >= 0.6 is 0 Å². The van der Waals surface area contributed by atoms with Crippen molar-refractivity contribution in [2.24, 2.45) is 0 Å². The molecule has 6 nitrogen and oxygen atoms in total. The molecule has 124 valence electrons. The van der Waals surface area contributed by atoms with E-state index < -0.39 is 5.97 Å². The van der Waals surface area contributed by atoms with Crippen LogP contribution in [0.2, 0.25) is 0 Å². The lowest BCUT2D eigenvalue weighted by Gasteiger charge is -2.08. The van der Waals surface area contributed by atoms with E-state index in [9.17, 15) is 4.79 Å². The number of hydrogen-bond acceptors (Lipinski definition) is 5. The number of nitrogens with zero attached hydrogens (tertiary/aromatic N) is 3. The fraction of sp³-hybridized carbons (Fsp3) is 0.105. The highest BCUT2D eigenvalue weighted by Gasteiger charge is 2.24. The van der Waals surface area contributed by atoms with Crippen LogP contribution in [0.3, 0.4) is 0 Å². The lowest BCUT2D eigenvalue weighted by molar-refractivity contribution is 0.0604. The Bertz CT molecular complexity index is 1090. The third kappa shape index (κ3) is 2.48. The zero-order chi connectivity index (χ0) is 17.4. The number of rotatable bonds is 3. The van der Waals surface area contributed by atoms with Crippen LogP contribution in [0.4, 0.5) is 5.82 Å². The van der Waals surface area contributed by atoms with E-state index in [0.29, 0.717) is 29.0 Å². The molecular formula is C19H16N4O2. The van der Waals surface area contributed by atoms with Crippen LogP contribution in [0, 0.1) is 0 Å². The normalized spacial score (nSPS) is 11.1. The second-order valence-corrected chi connectivity index (χ2v) is 5.71. The van der Waals surface area contributed by atoms with Crippen molar-refractivity contribution in [3.05, 3.63) is 65.7 Å². The molecular weight excluding hydrogens is 316 g/mol. The van der Waals surface area contributed by atoms with E-state index in [1.807, 2.05) is 54.6 Å². The molecule has 0 saturated heterocycles. The van der Waals surface area contributed by atoms with Crippen LogP contribution in [-0.4, -0.2) is 27.6 Å². The Hall–Kier alpha value is -3.41. The molecule has 2 aromatic heterocycles. The van der Waals surface area contributed by atoms with Crippen molar-refractivity contribution in [2.45, 2.75) is 6.54 Å². The van der Waals surface area contributed by atoms with Crippen molar-refractivity contribution in [1.82, 2.24) is 14.5 Å². The summed E-state index contributed by atoms with van der Waals surface area (Å²) in [6.45, 7) is 0.493. The zero-order valence-electron chi connectivity index (χ0n) is 13.6. The highest BCUT2D eigenvalue weighted by atomic mass is 16.5. The minimum atomic E-state index is -0.515. The van der Waals surface area contributed by atoms with Gasteiger partial charge >= 0.3 is 5.97 Å². The molecule has 0 saturated carbocycles. The lowest BCUT2D eigenvalue weighted by atomic mass is 10.2. The van der Waals surface area contributed by atoms with Crippen molar-refractivity contribution >= 4 is 34.0 Å². The van der Waals surface area contributed by atoms with Gasteiger partial charge in [-0.3, -0.25) is 0 Å². The predicted octanol–water partition coefficient (Wildman–Crippen LogP) is 3.00. The third-order valence-corrected chi connectivity index (χ3v) is 4.16. The fourth-order valence-corrected chi connectivity index (χ4v) is 2.95. The molecule has 0 unspecified atom stereocenters. The van der Waals surface area contributed by atoms with E-state index in [1.54, 1.807) is 4.57 Å². The van der Waals surface area contributed by atoms with E-state index in [0.717, 1.165) is 11.1 Å². The van der Waals surface area contributed by atoms with Crippen LogP contribution in [0.5, 0.6) is 0 Å². The number of esters is 1. The number of methoxy groups -OCH3 is 1. The number of benzene rings is 2. The number of ether oxygens (including phenoxy) is 1. The van der Waals surface area contributed by atoms with E-state index in [-0.39, 0.29) is 5.56 Å². The molecule has 2 N–H and O–H groups in total. The van der Waals surface area contributed by atoms with Gasteiger partial charge in [0.05, 0.1) is 24.7 Å². The molecule has 0 aliphatic rings. The second kappa shape index (κ2) is 5.90. The molecule has 25 heavy (non-hydrogen) atoms. The van der Waals surface area contributed by atoms with Gasteiger partial charge in [0.25, 0.3) is 0 Å². The van der Waals surface area contributed by atoms with Crippen LogP contribution in [0.15, 0.2) is 54.6 Å². The first-order chi connectivity index (χ1) is 12.2. The zero-order valence-corrected chi connectivity index (χ0v) is 13.6. The molecule has 0 fully saturated rings. The maximum absolute atomic E-state index is 12.3. The molecule has 0 aliphatic heterocycles. The van der Waals surface area contributed by atoms with Crippen LogP contribution in [0.25, 0.3) is 22.2 Å². The van der Waals surface area contributed by atoms with Crippen molar-refractivity contribution < 1.29 is 9.53 Å². The molecule has 4 rings (SSSR count). The molecule has 6 heteroatoms. The molecule has 0 atom stereocenters. The number of aromatic nitrogens is 3. The number of nitrogen functional groups attached to an aromatic ring is 1. The number of hydrogen-bond donors (Lipinski definition) is 1. The third-order valence-electron chi connectivity index (χ3n) is 4.16.